The third kappa shape index (κ3) is 5.62. The molecule has 2 saturated carbocycles. The molecule has 42 heavy (non-hydrogen) atoms. The highest BCUT2D eigenvalue weighted by Crippen LogP contribution is 2.50. The predicted molar refractivity (Wildman–Crippen MR) is 156 cm³/mol. The number of hydrogen-bond acceptors (Lipinski definition) is 6. The molecule has 3 aliphatic heterocycles. The van der Waals surface area contributed by atoms with Gasteiger partial charge in [-0.15, -0.1) is 0 Å². The Morgan fingerprint density at radius 1 is 1.17 bits per heavy atom. The van der Waals surface area contributed by atoms with Crippen molar-refractivity contribution in [3.8, 4) is 6.07 Å². The monoisotopic (exact) mass is 577 g/mol. The molecule has 226 valence electrons. The lowest BCUT2D eigenvalue weighted by molar-refractivity contribution is -0.141. The summed E-state index contributed by atoms with van der Waals surface area (Å²) in [5, 5.41) is 12.9. The van der Waals surface area contributed by atoms with Crippen LogP contribution in [0.15, 0.2) is 36.5 Å². The Labute approximate surface area is 248 Å². The first-order valence-electron chi connectivity index (χ1n) is 15.7. The zero-order chi connectivity index (χ0) is 29.8. The van der Waals surface area contributed by atoms with Crippen LogP contribution < -0.4 is 5.32 Å². The zero-order valence-corrected chi connectivity index (χ0v) is 25.1. The Bertz CT molecular complexity index is 1250. The van der Waals surface area contributed by atoms with E-state index in [0.717, 1.165) is 56.2 Å². The van der Waals surface area contributed by atoms with Crippen LogP contribution >= 0.6 is 0 Å². The number of benzene rings is 1. The van der Waals surface area contributed by atoms with E-state index < -0.39 is 17.7 Å². The van der Waals surface area contributed by atoms with Crippen LogP contribution in [0.25, 0.3) is 0 Å². The van der Waals surface area contributed by atoms with E-state index in [0.29, 0.717) is 31.0 Å². The van der Waals surface area contributed by atoms with E-state index in [1.165, 1.54) is 18.6 Å². The summed E-state index contributed by atoms with van der Waals surface area (Å²) in [6, 6.07) is 8.43. The summed E-state index contributed by atoms with van der Waals surface area (Å²) in [5.41, 5.74) is 1.08. The van der Waals surface area contributed by atoms with Crippen LogP contribution in [0.3, 0.4) is 0 Å². The van der Waals surface area contributed by atoms with Gasteiger partial charge in [0.25, 0.3) is 0 Å². The molecular weight excluding hydrogens is 533 g/mol. The summed E-state index contributed by atoms with van der Waals surface area (Å²) >= 11 is 0. The van der Waals surface area contributed by atoms with Crippen molar-refractivity contribution in [1.29, 1.82) is 5.26 Å². The van der Waals surface area contributed by atoms with Crippen molar-refractivity contribution < 1.29 is 18.7 Å². The van der Waals surface area contributed by atoms with E-state index in [9.17, 15) is 19.2 Å². The number of fused-ring (bicyclic) bond motifs is 3. The Balaban J connectivity index is 1.21. The van der Waals surface area contributed by atoms with Crippen LogP contribution in [0.5, 0.6) is 0 Å². The van der Waals surface area contributed by atoms with Gasteiger partial charge in [0, 0.05) is 30.9 Å². The molecular formula is C33H44FN5O3. The first-order valence-corrected chi connectivity index (χ1v) is 15.7. The number of rotatable bonds is 8. The number of carbonyl (C=O) groups is 2. The van der Waals surface area contributed by atoms with E-state index in [2.05, 4.69) is 32.7 Å². The van der Waals surface area contributed by atoms with Crippen molar-refractivity contribution in [3.05, 3.63) is 47.9 Å². The van der Waals surface area contributed by atoms with Gasteiger partial charge in [0.15, 0.2) is 0 Å². The molecule has 3 saturated heterocycles. The quantitative estimate of drug-likeness (QED) is 0.461. The number of halogens is 1. The maximum atomic E-state index is 14.1. The second-order valence-corrected chi connectivity index (χ2v) is 14.0. The fourth-order valence-corrected chi connectivity index (χ4v) is 8.11. The smallest absolute Gasteiger partial charge is 0.408 e. The van der Waals surface area contributed by atoms with Gasteiger partial charge in [0.05, 0.1) is 24.2 Å². The third-order valence-electron chi connectivity index (χ3n) is 10.0. The number of amides is 2. The molecule has 2 bridgehead atoms. The summed E-state index contributed by atoms with van der Waals surface area (Å²) in [6.45, 7) is 11.0. The minimum Gasteiger partial charge on any atom is -0.444 e. The van der Waals surface area contributed by atoms with Gasteiger partial charge in [-0.3, -0.25) is 9.69 Å². The molecule has 1 N–H and O–H groups in total. The van der Waals surface area contributed by atoms with Gasteiger partial charge >= 0.3 is 6.09 Å². The maximum Gasteiger partial charge on any atom is 0.408 e. The van der Waals surface area contributed by atoms with E-state index in [1.807, 2.05) is 32.9 Å². The number of ether oxygens (including phenoxy) is 1. The third-order valence-corrected chi connectivity index (χ3v) is 10.0. The molecule has 1 aromatic carbocycles. The fraction of sp³-hybridized carbons (Fsp3) is 0.667. The number of hydrogen-bond donors (Lipinski definition) is 1. The van der Waals surface area contributed by atoms with Gasteiger partial charge in [-0.05, 0) is 82.4 Å². The minimum atomic E-state index is -0.655. The summed E-state index contributed by atoms with van der Waals surface area (Å²) in [5.74, 6) is 0.729. The van der Waals surface area contributed by atoms with Gasteiger partial charge in [-0.2, -0.15) is 5.26 Å². The summed E-state index contributed by atoms with van der Waals surface area (Å²) in [4.78, 5) is 33.4. The fourth-order valence-electron chi connectivity index (χ4n) is 8.11. The van der Waals surface area contributed by atoms with Crippen LogP contribution in [0.2, 0.25) is 0 Å². The van der Waals surface area contributed by atoms with Gasteiger partial charge in [-0.1, -0.05) is 38.0 Å². The molecule has 2 amide bonds. The van der Waals surface area contributed by atoms with Crippen LogP contribution in [-0.4, -0.2) is 75.6 Å². The molecule has 6 unspecified atom stereocenters. The molecule has 0 spiro atoms. The van der Waals surface area contributed by atoms with Crippen molar-refractivity contribution in [3.63, 3.8) is 0 Å². The highest BCUT2D eigenvalue weighted by molar-refractivity contribution is 5.86. The van der Waals surface area contributed by atoms with E-state index in [1.54, 1.807) is 0 Å². The van der Waals surface area contributed by atoms with Crippen molar-refractivity contribution in [2.75, 3.05) is 13.1 Å². The van der Waals surface area contributed by atoms with E-state index in [4.69, 9.17) is 4.74 Å². The highest BCUT2D eigenvalue weighted by Gasteiger charge is 2.56. The zero-order valence-electron chi connectivity index (χ0n) is 25.1. The van der Waals surface area contributed by atoms with Gasteiger partial charge in [0.2, 0.25) is 5.91 Å². The molecule has 0 aromatic heterocycles. The number of nitriles is 1. The normalized spacial score (nSPS) is 30.5. The first-order chi connectivity index (χ1) is 20.0. The standard InChI is InChI=1S/C33H44FN5O3/c1-20(38-25(17-35)14-23-15-28(23)38)27(36-32(41)42-33(2,3)4)19-37-18-26-16-29(37)31(40)39(26)30(21-8-6-5-7-9-21)22-10-12-24(34)13-11-22/h10-13,21,23,25-30H,1,5-9,14-16,18-19H2,2-4H3,(H,36,41)/t23?,25?,26-,27?,28?,29?,30?/m0/s1. The largest absolute Gasteiger partial charge is 0.444 e. The van der Waals surface area contributed by atoms with Crippen molar-refractivity contribution in [2.24, 2.45) is 11.8 Å². The minimum absolute atomic E-state index is 0.0472. The van der Waals surface area contributed by atoms with Crippen molar-refractivity contribution in [2.45, 2.75) is 114 Å². The molecule has 3 heterocycles. The number of piperidine rings is 1. The number of nitrogens with zero attached hydrogens (tertiary/aromatic N) is 4. The average molecular weight is 578 g/mol. The second kappa shape index (κ2) is 11.2. The molecule has 6 rings (SSSR count). The van der Waals surface area contributed by atoms with Gasteiger partial charge in [0.1, 0.15) is 17.5 Å². The lowest BCUT2D eigenvalue weighted by Gasteiger charge is -2.44. The van der Waals surface area contributed by atoms with Crippen molar-refractivity contribution in [1.82, 2.24) is 20.0 Å². The summed E-state index contributed by atoms with van der Waals surface area (Å²) in [6.07, 6.45) is 7.78. The number of alkyl carbamates (subject to hydrolysis) is 1. The summed E-state index contributed by atoms with van der Waals surface area (Å²) < 4.78 is 19.4. The molecule has 5 fully saturated rings. The lowest BCUT2D eigenvalue weighted by Crippen LogP contribution is -2.57. The number of likely N-dealkylation sites (tertiary alicyclic amines) is 3. The highest BCUT2D eigenvalue weighted by atomic mass is 19.1. The van der Waals surface area contributed by atoms with Crippen LogP contribution in [-0.2, 0) is 9.53 Å². The molecule has 2 aliphatic carbocycles. The SMILES string of the molecule is C=C(C(CN1C[C@@H]2CC1C(=O)N2C(c1ccc(F)cc1)C1CCCCC1)NC(=O)OC(C)(C)C)N1C(C#N)CC2CC21. The van der Waals surface area contributed by atoms with E-state index >= 15 is 0 Å². The molecule has 0 radical (unpaired) electrons. The molecule has 5 aliphatic rings. The molecule has 7 atom stereocenters. The molecule has 9 heteroatoms. The first kappa shape index (κ1) is 29.0. The van der Waals surface area contributed by atoms with Crippen molar-refractivity contribution >= 4 is 12.0 Å². The number of piperazine rings is 1. The predicted octanol–water partition coefficient (Wildman–Crippen LogP) is 5.13. The van der Waals surface area contributed by atoms with Gasteiger partial charge < -0.3 is 19.9 Å². The number of nitrogens with one attached hydrogen (secondary N) is 1. The Morgan fingerprint density at radius 3 is 2.52 bits per heavy atom. The Hall–Kier alpha value is -3.12. The molecule has 8 nitrogen and oxygen atoms in total. The average Bonchev–Trinajstić information content (AvgIpc) is 3.27. The summed E-state index contributed by atoms with van der Waals surface area (Å²) in [7, 11) is 0. The van der Waals surface area contributed by atoms with E-state index in [-0.39, 0.29) is 35.9 Å². The van der Waals surface area contributed by atoms with Crippen LogP contribution in [0.4, 0.5) is 9.18 Å². The Morgan fingerprint density at radius 2 is 1.88 bits per heavy atom. The maximum absolute atomic E-state index is 14.1. The molecule has 1 aromatic rings. The lowest BCUT2D eigenvalue weighted by atomic mass is 9.80. The van der Waals surface area contributed by atoms with Crippen LogP contribution in [0.1, 0.15) is 83.7 Å². The Kier molecular flexibility index (Phi) is 7.71. The van der Waals surface area contributed by atoms with Crippen LogP contribution in [0, 0.1) is 29.0 Å². The number of carbonyl (C=O) groups excluding carboxylic acids is 2. The van der Waals surface area contributed by atoms with Gasteiger partial charge in [-0.25, -0.2) is 9.18 Å². The second-order valence-electron chi connectivity index (χ2n) is 14.0. The topological polar surface area (TPSA) is 88.9 Å².